The summed E-state index contributed by atoms with van der Waals surface area (Å²) >= 11 is 0. The van der Waals surface area contributed by atoms with E-state index in [1.54, 1.807) is 6.08 Å². The maximum absolute atomic E-state index is 12.5. The van der Waals surface area contributed by atoms with E-state index in [1.165, 1.54) is 10.7 Å². The van der Waals surface area contributed by atoms with Crippen LogP contribution in [-0.2, 0) is 6.42 Å². The molecule has 106 valence electrons. The van der Waals surface area contributed by atoms with Gasteiger partial charge < -0.3 is 4.98 Å². The van der Waals surface area contributed by atoms with E-state index in [0.29, 0.717) is 34.6 Å². The molecule has 0 aliphatic heterocycles. The highest BCUT2D eigenvalue weighted by Gasteiger charge is 2.16. The van der Waals surface area contributed by atoms with Crippen molar-refractivity contribution in [2.75, 3.05) is 0 Å². The van der Waals surface area contributed by atoms with E-state index in [-0.39, 0.29) is 5.56 Å². The molecule has 0 aliphatic carbocycles. The number of hydrogen-bond donors (Lipinski definition) is 1. The summed E-state index contributed by atoms with van der Waals surface area (Å²) in [5.41, 5.74) is 2.10. The predicted molar refractivity (Wildman–Crippen MR) is 82.2 cm³/mol. The zero-order valence-corrected chi connectivity index (χ0v) is 11.9. The predicted octanol–water partition coefficient (Wildman–Crippen LogP) is 2.07. The van der Waals surface area contributed by atoms with Gasteiger partial charge in [-0.15, -0.1) is 0 Å². The molecule has 0 unspecified atom stereocenters. The number of allylic oxidation sites excluding steroid dienone is 3. The number of aromatic nitrogens is 3. The summed E-state index contributed by atoms with van der Waals surface area (Å²) in [6.45, 7) is 7.31. The van der Waals surface area contributed by atoms with Crippen molar-refractivity contribution >= 4 is 18.1 Å². The van der Waals surface area contributed by atoms with Gasteiger partial charge in [-0.25, -0.2) is 0 Å². The van der Waals surface area contributed by atoms with Crippen LogP contribution < -0.4 is 5.56 Å². The maximum Gasteiger partial charge on any atom is 0.278 e. The summed E-state index contributed by atoms with van der Waals surface area (Å²) in [4.78, 5) is 19.5. The molecule has 1 N–H and O–H groups in total. The quantitative estimate of drug-likeness (QED) is 0.687. The molecule has 2 heterocycles. The van der Waals surface area contributed by atoms with Crippen molar-refractivity contribution in [3.05, 3.63) is 51.6 Å². The van der Waals surface area contributed by atoms with Crippen LogP contribution in [0.25, 0.3) is 11.3 Å². The van der Waals surface area contributed by atoms with Crippen molar-refractivity contribution < 1.29 is 0 Å². The molecule has 6 nitrogen and oxygen atoms in total. The second kappa shape index (κ2) is 6.01. The SMILES string of the molecule is C=N/C(=C\C=C/C)c1[nH]c2c(C#N)cnn2c(=O)c1CC. The van der Waals surface area contributed by atoms with Gasteiger partial charge in [0.05, 0.1) is 17.6 Å². The molecule has 0 atom stereocenters. The first-order valence-corrected chi connectivity index (χ1v) is 6.51. The number of nitrogens with one attached hydrogen (secondary N) is 1. The molecular formula is C15H15N5O. The number of fused-ring (bicyclic) bond motifs is 1. The highest BCUT2D eigenvalue weighted by molar-refractivity contribution is 5.71. The molecule has 0 aromatic carbocycles. The summed E-state index contributed by atoms with van der Waals surface area (Å²) < 4.78 is 1.21. The van der Waals surface area contributed by atoms with Gasteiger partial charge in [-0.05, 0) is 26.1 Å². The monoisotopic (exact) mass is 281 g/mol. The molecular weight excluding hydrogens is 266 g/mol. The molecule has 0 radical (unpaired) electrons. The van der Waals surface area contributed by atoms with Crippen LogP contribution in [0.2, 0.25) is 0 Å². The molecule has 0 bridgehead atoms. The molecule has 0 aliphatic rings. The van der Waals surface area contributed by atoms with Gasteiger partial charge in [-0.3, -0.25) is 9.79 Å². The Morgan fingerprint density at radius 2 is 2.43 bits per heavy atom. The Morgan fingerprint density at radius 3 is 3.00 bits per heavy atom. The van der Waals surface area contributed by atoms with E-state index in [0.717, 1.165) is 0 Å². The Labute approximate surface area is 121 Å². The number of aromatic amines is 1. The van der Waals surface area contributed by atoms with Crippen LogP contribution in [0.1, 0.15) is 30.7 Å². The van der Waals surface area contributed by atoms with Crippen molar-refractivity contribution in [2.24, 2.45) is 4.99 Å². The molecule has 2 aromatic rings. The summed E-state index contributed by atoms with van der Waals surface area (Å²) in [5.74, 6) is 0. The summed E-state index contributed by atoms with van der Waals surface area (Å²) in [7, 11) is 0. The highest BCUT2D eigenvalue weighted by atomic mass is 16.1. The van der Waals surface area contributed by atoms with E-state index >= 15 is 0 Å². The molecule has 0 saturated heterocycles. The number of aliphatic imine (C=N–C) groups is 1. The normalized spacial score (nSPS) is 12.0. The van der Waals surface area contributed by atoms with E-state index in [1.807, 2.05) is 32.1 Å². The lowest BCUT2D eigenvalue weighted by Gasteiger charge is -2.08. The molecule has 0 amide bonds. The first-order valence-electron chi connectivity index (χ1n) is 6.51. The number of hydrogen-bond acceptors (Lipinski definition) is 4. The van der Waals surface area contributed by atoms with Crippen molar-refractivity contribution in [2.45, 2.75) is 20.3 Å². The van der Waals surface area contributed by atoms with Crippen LogP contribution in [0.15, 0.2) is 34.2 Å². The van der Waals surface area contributed by atoms with Crippen LogP contribution in [0.3, 0.4) is 0 Å². The second-order valence-electron chi connectivity index (χ2n) is 4.30. The standard InChI is InChI=1S/C15H15N5O/c1-4-6-7-12(17-3)13-11(5-2)15(21)20-14(19-13)10(8-16)9-18-20/h4,6-7,9,19H,3,5H2,1-2H3/b6-4-,12-7-. The largest absolute Gasteiger partial charge is 0.337 e. The van der Waals surface area contributed by atoms with Gasteiger partial charge in [-0.1, -0.05) is 19.1 Å². The van der Waals surface area contributed by atoms with Crippen molar-refractivity contribution in [3.8, 4) is 6.07 Å². The Hall–Kier alpha value is -2.94. The number of H-pyrrole nitrogens is 1. The average Bonchev–Trinajstić information content (AvgIpc) is 2.91. The number of rotatable bonds is 4. The fourth-order valence-electron chi connectivity index (χ4n) is 2.08. The lowest BCUT2D eigenvalue weighted by Crippen LogP contribution is -2.22. The molecule has 0 fully saturated rings. The molecule has 6 heteroatoms. The highest BCUT2D eigenvalue weighted by Crippen LogP contribution is 2.18. The molecule has 2 aromatic heterocycles. The van der Waals surface area contributed by atoms with E-state index in [9.17, 15) is 4.79 Å². The van der Waals surface area contributed by atoms with Crippen LogP contribution in [0.4, 0.5) is 0 Å². The topological polar surface area (TPSA) is 86.3 Å². The number of nitrogens with zero attached hydrogens (tertiary/aromatic N) is 4. The summed E-state index contributed by atoms with van der Waals surface area (Å²) in [6, 6.07) is 2.01. The third-order valence-electron chi connectivity index (χ3n) is 3.11. The van der Waals surface area contributed by atoms with Gasteiger partial charge in [0, 0.05) is 5.56 Å². The first-order chi connectivity index (χ1) is 10.2. The van der Waals surface area contributed by atoms with Gasteiger partial charge in [0.25, 0.3) is 5.56 Å². The molecule has 21 heavy (non-hydrogen) atoms. The third kappa shape index (κ3) is 2.41. The fraction of sp³-hybridized carbons (Fsp3) is 0.200. The minimum absolute atomic E-state index is 0.252. The van der Waals surface area contributed by atoms with Crippen LogP contribution in [-0.4, -0.2) is 21.3 Å². The van der Waals surface area contributed by atoms with E-state index in [4.69, 9.17) is 5.26 Å². The Balaban J connectivity index is 2.87. The number of nitriles is 1. The molecule has 2 rings (SSSR count). The Bertz CT molecular complexity index is 845. The van der Waals surface area contributed by atoms with Crippen LogP contribution in [0.5, 0.6) is 0 Å². The lowest BCUT2D eigenvalue weighted by molar-refractivity contribution is 0.861. The van der Waals surface area contributed by atoms with Gasteiger partial charge in [0.1, 0.15) is 11.6 Å². The third-order valence-corrected chi connectivity index (χ3v) is 3.11. The van der Waals surface area contributed by atoms with Gasteiger partial charge in [-0.2, -0.15) is 14.9 Å². The molecule has 0 spiro atoms. The van der Waals surface area contributed by atoms with Crippen molar-refractivity contribution in [1.82, 2.24) is 14.6 Å². The fourth-order valence-corrected chi connectivity index (χ4v) is 2.08. The van der Waals surface area contributed by atoms with Gasteiger partial charge >= 0.3 is 0 Å². The molecule has 0 saturated carbocycles. The maximum atomic E-state index is 12.5. The lowest BCUT2D eigenvalue weighted by atomic mass is 10.1. The zero-order chi connectivity index (χ0) is 15.4. The van der Waals surface area contributed by atoms with Crippen LogP contribution in [0, 0.1) is 11.3 Å². The minimum atomic E-state index is -0.252. The summed E-state index contributed by atoms with van der Waals surface area (Å²) in [5, 5.41) is 13.0. The Morgan fingerprint density at radius 1 is 1.67 bits per heavy atom. The van der Waals surface area contributed by atoms with Crippen LogP contribution >= 0.6 is 0 Å². The first kappa shape index (κ1) is 14.5. The average molecular weight is 281 g/mol. The van der Waals surface area contributed by atoms with E-state index in [2.05, 4.69) is 21.8 Å². The summed E-state index contributed by atoms with van der Waals surface area (Å²) in [6.07, 6.45) is 7.31. The van der Waals surface area contributed by atoms with Gasteiger partial charge in [0.2, 0.25) is 0 Å². The zero-order valence-electron chi connectivity index (χ0n) is 11.9. The van der Waals surface area contributed by atoms with Gasteiger partial charge in [0.15, 0.2) is 5.65 Å². The van der Waals surface area contributed by atoms with E-state index < -0.39 is 0 Å². The van der Waals surface area contributed by atoms with Crippen molar-refractivity contribution in [3.63, 3.8) is 0 Å². The van der Waals surface area contributed by atoms with Crippen molar-refractivity contribution in [1.29, 1.82) is 5.26 Å². The minimum Gasteiger partial charge on any atom is -0.337 e. The second-order valence-corrected chi connectivity index (χ2v) is 4.30. The Kier molecular flexibility index (Phi) is 4.14. The smallest absolute Gasteiger partial charge is 0.278 e.